The summed E-state index contributed by atoms with van der Waals surface area (Å²) in [4.78, 5) is 0. The molecule has 0 saturated heterocycles. The number of hydrogen-bond acceptors (Lipinski definition) is 2. The third kappa shape index (κ3) is 2.03. The third-order valence-electron chi connectivity index (χ3n) is 2.25. The average Bonchev–Trinajstić information content (AvgIpc) is 2.66. The molecule has 0 saturated carbocycles. The molecular formula is C11H11ClN2O. The van der Waals surface area contributed by atoms with Crippen LogP contribution >= 0.6 is 11.6 Å². The van der Waals surface area contributed by atoms with Gasteiger partial charge in [-0.25, -0.2) is 0 Å². The van der Waals surface area contributed by atoms with Gasteiger partial charge in [-0.05, 0) is 23.3 Å². The lowest BCUT2D eigenvalue weighted by molar-refractivity contribution is 0.282. The molecule has 3 nitrogen and oxygen atoms in total. The standard InChI is InChI=1S/C11H11ClN2O/c1-14-6-10(5-13-14)8-2-3-11(12)9(4-8)7-15/h2-6,15H,7H2,1H3. The number of benzene rings is 1. The highest BCUT2D eigenvalue weighted by Gasteiger charge is 2.04. The molecule has 0 unspecified atom stereocenters. The molecule has 0 aliphatic rings. The van der Waals surface area contributed by atoms with Crippen molar-refractivity contribution < 1.29 is 5.11 Å². The van der Waals surface area contributed by atoms with Gasteiger partial charge in [0.25, 0.3) is 0 Å². The van der Waals surface area contributed by atoms with Gasteiger partial charge in [-0.2, -0.15) is 5.10 Å². The van der Waals surface area contributed by atoms with E-state index < -0.39 is 0 Å². The van der Waals surface area contributed by atoms with Gasteiger partial charge in [0.2, 0.25) is 0 Å². The highest BCUT2D eigenvalue weighted by atomic mass is 35.5. The summed E-state index contributed by atoms with van der Waals surface area (Å²) in [5, 5.41) is 13.8. The lowest BCUT2D eigenvalue weighted by Gasteiger charge is -2.03. The molecule has 0 radical (unpaired) electrons. The Balaban J connectivity index is 2.45. The first kappa shape index (κ1) is 10.2. The molecule has 0 amide bonds. The molecule has 0 aliphatic heterocycles. The first-order chi connectivity index (χ1) is 7.20. The molecule has 0 spiro atoms. The number of aliphatic hydroxyl groups excluding tert-OH is 1. The fourth-order valence-electron chi connectivity index (χ4n) is 1.45. The Kier molecular flexibility index (Phi) is 2.75. The average molecular weight is 223 g/mol. The Hall–Kier alpha value is -1.32. The highest BCUT2D eigenvalue weighted by Crippen LogP contribution is 2.24. The van der Waals surface area contributed by atoms with Crippen LogP contribution in [0, 0.1) is 0 Å². The van der Waals surface area contributed by atoms with Gasteiger partial charge in [-0.1, -0.05) is 17.7 Å². The fourth-order valence-corrected chi connectivity index (χ4v) is 1.62. The van der Waals surface area contributed by atoms with Gasteiger partial charge >= 0.3 is 0 Å². The quantitative estimate of drug-likeness (QED) is 0.846. The lowest BCUT2D eigenvalue weighted by Crippen LogP contribution is -1.86. The van der Waals surface area contributed by atoms with Crippen molar-refractivity contribution in [2.45, 2.75) is 6.61 Å². The van der Waals surface area contributed by atoms with Crippen molar-refractivity contribution in [2.24, 2.45) is 7.05 Å². The van der Waals surface area contributed by atoms with Crippen LogP contribution in [0.15, 0.2) is 30.6 Å². The van der Waals surface area contributed by atoms with Crippen LogP contribution in [0.3, 0.4) is 0 Å². The second-order valence-corrected chi connectivity index (χ2v) is 3.77. The Labute approximate surface area is 92.9 Å². The number of nitrogens with zero attached hydrogens (tertiary/aromatic N) is 2. The van der Waals surface area contributed by atoms with E-state index in [1.54, 1.807) is 16.9 Å². The molecule has 1 aromatic carbocycles. The van der Waals surface area contributed by atoms with E-state index in [1.165, 1.54) is 0 Å². The summed E-state index contributed by atoms with van der Waals surface area (Å²) in [6, 6.07) is 5.58. The maximum atomic E-state index is 9.09. The molecule has 0 bridgehead atoms. The van der Waals surface area contributed by atoms with Crippen molar-refractivity contribution >= 4 is 11.6 Å². The van der Waals surface area contributed by atoms with Gasteiger partial charge in [-0.3, -0.25) is 4.68 Å². The number of hydrogen-bond donors (Lipinski definition) is 1. The molecular weight excluding hydrogens is 212 g/mol. The summed E-state index contributed by atoms with van der Waals surface area (Å²) in [5.74, 6) is 0. The van der Waals surface area contributed by atoms with Crippen LogP contribution in [0.5, 0.6) is 0 Å². The van der Waals surface area contributed by atoms with Crippen molar-refractivity contribution in [1.82, 2.24) is 9.78 Å². The fraction of sp³-hybridized carbons (Fsp3) is 0.182. The van der Waals surface area contributed by atoms with Gasteiger partial charge in [0, 0.05) is 23.8 Å². The van der Waals surface area contributed by atoms with Crippen LogP contribution in [0.25, 0.3) is 11.1 Å². The molecule has 0 fully saturated rings. The zero-order valence-corrected chi connectivity index (χ0v) is 9.07. The van der Waals surface area contributed by atoms with E-state index >= 15 is 0 Å². The predicted molar refractivity (Wildman–Crippen MR) is 59.6 cm³/mol. The minimum absolute atomic E-state index is 0.0487. The minimum atomic E-state index is -0.0487. The molecule has 1 N–H and O–H groups in total. The first-order valence-electron chi connectivity index (χ1n) is 4.59. The van der Waals surface area contributed by atoms with E-state index in [0.717, 1.165) is 16.7 Å². The van der Waals surface area contributed by atoms with Gasteiger partial charge < -0.3 is 5.11 Å². The lowest BCUT2D eigenvalue weighted by atomic mass is 10.1. The van der Waals surface area contributed by atoms with Gasteiger partial charge in [0.05, 0.1) is 12.8 Å². The Morgan fingerprint density at radius 1 is 1.40 bits per heavy atom. The Morgan fingerprint density at radius 2 is 2.20 bits per heavy atom. The van der Waals surface area contributed by atoms with Gasteiger partial charge in [0.1, 0.15) is 0 Å². The number of halogens is 1. The minimum Gasteiger partial charge on any atom is -0.392 e. The largest absolute Gasteiger partial charge is 0.392 e. The van der Waals surface area contributed by atoms with Crippen molar-refractivity contribution in [3.8, 4) is 11.1 Å². The Morgan fingerprint density at radius 3 is 2.80 bits per heavy atom. The number of aryl methyl sites for hydroxylation is 1. The molecule has 4 heteroatoms. The van der Waals surface area contributed by atoms with E-state index in [0.29, 0.717) is 5.02 Å². The molecule has 78 valence electrons. The summed E-state index contributed by atoms with van der Waals surface area (Å²) in [7, 11) is 1.87. The van der Waals surface area contributed by atoms with Crippen molar-refractivity contribution in [3.63, 3.8) is 0 Å². The predicted octanol–water partition coefficient (Wildman–Crippen LogP) is 2.23. The molecule has 15 heavy (non-hydrogen) atoms. The second kappa shape index (κ2) is 4.04. The molecule has 0 aliphatic carbocycles. The number of rotatable bonds is 2. The van der Waals surface area contributed by atoms with Crippen LogP contribution in [-0.2, 0) is 13.7 Å². The monoisotopic (exact) mass is 222 g/mol. The topological polar surface area (TPSA) is 38.0 Å². The Bertz CT molecular complexity index is 479. The van der Waals surface area contributed by atoms with Crippen LogP contribution in [0.2, 0.25) is 5.02 Å². The molecule has 1 aromatic heterocycles. The molecule has 1 heterocycles. The summed E-state index contributed by atoms with van der Waals surface area (Å²) < 4.78 is 1.74. The SMILES string of the molecule is Cn1cc(-c2ccc(Cl)c(CO)c2)cn1. The number of aliphatic hydroxyl groups is 1. The van der Waals surface area contributed by atoms with Gasteiger partial charge in [-0.15, -0.1) is 0 Å². The summed E-state index contributed by atoms with van der Waals surface area (Å²) in [6.07, 6.45) is 3.70. The summed E-state index contributed by atoms with van der Waals surface area (Å²) >= 11 is 5.91. The first-order valence-corrected chi connectivity index (χ1v) is 4.97. The van der Waals surface area contributed by atoms with Crippen molar-refractivity contribution in [3.05, 3.63) is 41.2 Å². The van der Waals surface area contributed by atoms with Gasteiger partial charge in [0.15, 0.2) is 0 Å². The maximum absolute atomic E-state index is 9.09. The van der Waals surface area contributed by atoms with E-state index in [1.807, 2.05) is 25.4 Å². The number of aromatic nitrogens is 2. The van der Waals surface area contributed by atoms with E-state index in [4.69, 9.17) is 16.7 Å². The molecule has 2 aromatic rings. The van der Waals surface area contributed by atoms with E-state index in [-0.39, 0.29) is 6.61 Å². The van der Waals surface area contributed by atoms with E-state index in [2.05, 4.69) is 5.10 Å². The maximum Gasteiger partial charge on any atom is 0.0696 e. The van der Waals surface area contributed by atoms with Crippen molar-refractivity contribution in [1.29, 1.82) is 0 Å². The second-order valence-electron chi connectivity index (χ2n) is 3.37. The zero-order valence-electron chi connectivity index (χ0n) is 8.31. The summed E-state index contributed by atoms with van der Waals surface area (Å²) in [5.41, 5.74) is 2.76. The van der Waals surface area contributed by atoms with Crippen molar-refractivity contribution in [2.75, 3.05) is 0 Å². The van der Waals surface area contributed by atoms with Crippen LogP contribution in [0.1, 0.15) is 5.56 Å². The van der Waals surface area contributed by atoms with Crippen LogP contribution in [0.4, 0.5) is 0 Å². The third-order valence-corrected chi connectivity index (χ3v) is 2.62. The van der Waals surface area contributed by atoms with E-state index in [9.17, 15) is 0 Å². The summed E-state index contributed by atoms with van der Waals surface area (Å²) in [6.45, 7) is -0.0487. The van der Waals surface area contributed by atoms with Crippen LogP contribution in [-0.4, -0.2) is 14.9 Å². The smallest absolute Gasteiger partial charge is 0.0696 e. The van der Waals surface area contributed by atoms with Crippen LogP contribution < -0.4 is 0 Å². The normalized spacial score (nSPS) is 10.6. The zero-order chi connectivity index (χ0) is 10.8. The molecule has 0 atom stereocenters. The highest BCUT2D eigenvalue weighted by molar-refractivity contribution is 6.31. The molecule has 2 rings (SSSR count).